The Morgan fingerprint density at radius 2 is 1.50 bits per heavy atom. The molecule has 135 valence electrons. The van der Waals surface area contributed by atoms with E-state index in [-0.39, 0.29) is 24.8 Å². The van der Waals surface area contributed by atoms with Gasteiger partial charge in [0, 0.05) is 0 Å². The van der Waals surface area contributed by atoms with E-state index in [9.17, 15) is 0 Å². The Morgan fingerprint density at radius 3 is 2.08 bits per heavy atom. The molecule has 0 amide bonds. The third-order valence-electron chi connectivity index (χ3n) is 5.07. The molecule has 4 heteroatoms. The fraction of sp³-hybridized carbons (Fsp3) is 0.273. The second-order valence-corrected chi connectivity index (χ2v) is 7.40. The van der Waals surface area contributed by atoms with Crippen LogP contribution in [0.5, 0.6) is 0 Å². The van der Waals surface area contributed by atoms with Crippen LogP contribution in [-0.2, 0) is 20.7 Å². The van der Waals surface area contributed by atoms with Gasteiger partial charge in [-0.2, -0.15) is 0 Å². The van der Waals surface area contributed by atoms with E-state index in [1.807, 2.05) is 0 Å². The molecule has 2 unspecified atom stereocenters. The Balaban J connectivity index is 0.00000169. The second kappa shape index (κ2) is 9.81. The molecule has 0 saturated heterocycles. The first-order valence-corrected chi connectivity index (χ1v) is 9.25. The SMILES string of the molecule is CC1=CC(C)C(c2ccccc2C(C)[N]([Ti+2])c2ccccc2)=C1C.[Cl-].[Cl-]. The molecule has 0 radical (unpaired) electrons. The van der Waals surface area contributed by atoms with Crippen LogP contribution in [-0.4, -0.2) is 0 Å². The first-order valence-electron chi connectivity index (χ1n) is 8.55. The normalized spacial score (nSPS) is 17.2. The molecule has 0 heterocycles. The Bertz CT molecular complexity index is 799. The molecule has 0 aliphatic heterocycles. The van der Waals surface area contributed by atoms with Gasteiger partial charge in [-0.25, -0.2) is 0 Å². The number of hydrogen-bond acceptors (Lipinski definition) is 1. The van der Waals surface area contributed by atoms with Crippen molar-refractivity contribution in [3.8, 4) is 0 Å². The third kappa shape index (κ3) is 4.46. The second-order valence-electron chi connectivity index (χ2n) is 6.65. The van der Waals surface area contributed by atoms with Crippen molar-refractivity contribution in [3.05, 3.63) is 82.9 Å². The van der Waals surface area contributed by atoms with Crippen molar-refractivity contribution < 1.29 is 45.5 Å². The third-order valence-corrected chi connectivity index (χ3v) is 6.08. The van der Waals surface area contributed by atoms with Gasteiger partial charge in [-0.3, -0.25) is 0 Å². The number of allylic oxidation sites excluding steroid dienone is 4. The first kappa shape index (κ1) is 23.1. The molecule has 0 bridgehead atoms. The molecule has 3 rings (SSSR count). The molecule has 0 N–H and O–H groups in total. The van der Waals surface area contributed by atoms with Crippen LogP contribution in [0.25, 0.3) is 5.57 Å². The summed E-state index contributed by atoms with van der Waals surface area (Å²) in [6.07, 6.45) is 2.38. The van der Waals surface area contributed by atoms with Crippen LogP contribution in [0.3, 0.4) is 0 Å². The maximum absolute atomic E-state index is 2.38. The summed E-state index contributed by atoms with van der Waals surface area (Å²) in [6.45, 7) is 9.08. The van der Waals surface area contributed by atoms with Crippen LogP contribution in [0.4, 0.5) is 5.69 Å². The quantitative estimate of drug-likeness (QED) is 0.634. The van der Waals surface area contributed by atoms with Gasteiger partial charge in [0.2, 0.25) is 0 Å². The molecule has 2 aromatic carbocycles. The van der Waals surface area contributed by atoms with Crippen LogP contribution < -0.4 is 28.2 Å². The van der Waals surface area contributed by atoms with E-state index in [4.69, 9.17) is 0 Å². The van der Waals surface area contributed by atoms with Crippen LogP contribution in [0.15, 0.2) is 71.8 Å². The van der Waals surface area contributed by atoms with E-state index < -0.39 is 0 Å². The summed E-state index contributed by atoms with van der Waals surface area (Å²) in [4.78, 5) is 0. The molecule has 0 spiro atoms. The van der Waals surface area contributed by atoms with Gasteiger partial charge in [0.25, 0.3) is 0 Å². The molecule has 26 heavy (non-hydrogen) atoms. The molecule has 2 atom stereocenters. The first-order chi connectivity index (χ1) is 11.5. The van der Waals surface area contributed by atoms with Crippen LogP contribution in [0, 0.1) is 5.92 Å². The Kier molecular flexibility index (Phi) is 8.70. The average molecular weight is 421 g/mol. The summed E-state index contributed by atoms with van der Waals surface area (Å²) in [5, 5.41) is 0. The monoisotopic (exact) mass is 420 g/mol. The predicted molar refractivity (Wildman–Crippen MR) is 99.3 cm³/mol. The minimum absolute atomic E-state index is 0. The van der Waals surface area contributed by atoms with Crippen molar-refractivity contribution in [1.29, 1.82) is 0 Å². The number of nitrogens with zero attached hydrogens (tertiary/aromatic N) is 1. The van der Waals surface area contributed by atoms with Gasteiger partial charge in [0.05, 0.1) is 0 Å². The summed E-state index contributed by atoms with van der Waals surface area (Å²) in [5.74, 6) is 0.486. The van der Waals surface area contributed by atoms with E-state index in [2.05, 4.69) is 112 Å². The van der Waals surface area contributed by atoms with Gasteiger partial charge in [-0.1, -0.05) is 0 Å². The number of para-hydroxylation sites is 1. The van der Waals surface area contributed by atoms with Crippen molar-refractivity contribution in [3.63, 3.8) is 0 Å². The van der Waals surface area contributed by atoms with E-state index in [1.54, 1.807) is 0 Å². The number of benzene rings is 2. The number of anilines is 1. The van der Waals surface area contributed by atoms with Crippen molar-refractivity contribution in [2.75, 3.05) is 3.38 Å². The zero-order valence-corrected chi connectivity index (χ0v) is 18.7. The minimum atomic E-state index is 0. The Labute approximate surface area is 182 Å². The number of halogens is 2. The molecule has 1 aliphatic carbocycles. The molecule has 0 aromatic heterocycles. The topological polar surface area (TPSA) is 3.24 Å². The molecule has 0 fully saturated rings. The maximum atomic E-state index is 2.38. The number of hydrogen-bond donors (Lipinski definition) is 0. The molecule has 1 nitrogen and oxygen atoms in total. The summed E-state index contributed by atoms with van der Waals surface area (Å²) in [7, 11) is 0. The molecular weight excluding hydrogens is 397 g/mol. The molecule has 1 aliphatic rings. The van der Waals surface area contributed by atoms with Gasteiger partial charge in [0.15, 0.2) is 0 Å². The van der Waals surface area contributed by atoms with Gasteiger partial charge in [0.1, 0.15) is 0 Å². The van der Waals surface area contributed by atoms with Crippen molar-refractivity contribution >= 4 is 11.3 Å². The Hall–Kier alpha value is -0.986. The largest absolute Gasteiger partial charge is 1.00 e. The Morgan fingerprint density at radius 1 is 0.923 bits per heavy atom. The summed E-state index contributed by atoms with van der Waals surface area (Å²) in [5.41, 5.74) is 8.37. The smallest absolute Gasteiger partial charge is 1.00 e. The molecular formula is C22H24Cl2NTi. The maximum Gasteiger partial charge on any atom is -1.00 e. The summed E-state index contributed by atoms with van der Waals surface area (Å²) < 4.78 is 2.36. The van der Waals surface area contributed by atoms with Crippen LogP contribution >= 0.6 is 0 Å². The fourth-order valence-corrected chi connectivity index (χ4v) is 4.09. The summed E-state index contributed by atoms with van der Waals surface area (Å²) in [6, 6.07) is 19.8. The van der Waals surface area contributed by atoms with Crippen LogP contribution in [0.2, 0.25) is 0 Å². The van der Waals surface area contributed by atoms with E-state index in [0.29, 0.717) is 12.0 Å². The van der Waals surface area contributed by atoms with Gasteiger partial charge < -0.3 is 24.8 Å². The average Bonchev–Trinajstić information content (AvgIpc) is 2.86. The van der Waals surface area contributed by atoms with Gasteiger partial charge in [-0.05, 0) is 0 Å². The van der Waals surface area contributed by atoms with E-state index in [0.717, 1.165) is 0 Å². The zero-order valence-electron chi connectivity index (χ0n) is 15.6. The van der Waals surface area contributed by atoms with Crippen molar-refractivity contribution in [2.45, 2.75) is 33.7 Å². The standard InChI is InChI=1S/C22H24N.2ClH.Ti/c1-15-14-16(2)22(17(15)3)21-13-9-8-12-20(21)18(4)23-19-10-6-5-7-11-19;;;/h5-14,16,18H,1-4H3;2*1H;/q-1;;;+3/p-2. The van der Waals surface area contributed by atoms with Crippen molar-refractivity contribution in [2.24, 2.45) is 5.92 Å². The van der Waals surface area contributed by atoms with Crippen molar-refractivity contribution in [1.82, 2.24) is 0 Å². The van der Waals surface area contributed by atoms with E-state index in [1.165, 1.54) is 33.5 Å². The van der Waals surface area contributed by atoms with Gasteiger partial charge >= 0.3 is 158 Å². The predicted octanol–water partition coefficient (Wildman–Crippen LogP) is 0.0935. The van der Waals surface area contributed by atoms with E-state index >= 15 is 0 Å². The number of rotatable bonds is 4. The fourth-order valence-electron chi connectivity index (χ4n) is 3.64. The zero-order chi connectivity index (χ0) is 17.3. The summed E-state index contributed by atoms with van der Waals surface area (Å²) >= 11 is 2.18. The van der Waals surface area contributed by atoms with Crippen LogP contribution in [0.1, 0.15) is 44.9 Å². The molecule has 2 aromatic rings. The molecule has 0 saturated carbocycles. The minimum Gasteiger partial charge on any atom is -1.00 e. The van der Waals surface area contributed by atoms with Gasteiger partial charge in [-0.15, -0.1) is 0 Å².